The van der Waals surface area contributed by atoms with Gasteiger partial charge in [0.1, 0.15) is 5.82 Å². The zero-order valence-corrected chi connectivity index (χ0v) is 12.9. The molecule has 1 aromatic carbocycles. The number of aryl methyl sites for hydroxylation is 1. The molecule has 2 rings (SSSR count). The number of rotatable bonds is 6. The summed E-state index contributed by atoms with van der Waals surface area (Å²) in [7, 11) is 1.95. The molecule has 1 heterocycles. The van der Waals surface area contributed by atoms with Gasteiger partial charge in [-0.1, -0.05) is 25.1 Å². The summed E-state index contributed by atoms with van der Waals surface area (Å²) < 4.78 is 13.6. The molecule has 0 aliphatic carbocycles. The van der Waals surface area contributed by atoms with Gasteiger partial charge in [-0.3, -0.25) is 4.79 Å². The molecule has 1 aliphatic rings. The van der Waals surface area contributed by atoms with Gasteiger partial charge in [0.05, 0.1) is 0 Å². The van der Waals surface area contributed by atoms with Crippen molar-refractivity contribution in [2.75, 3.05) is 26.7 Å². The number of likely N-dealkylation sites (tertiary alicyclic amines) is 1. The summed E-state index contributed by atoms with van der Waals surface area (Å²) in [5.74, 6) is 0.563. The van der Waals surface area contributed by atoms with Crippen molar-refractivity contribution in [2.24, 2.45) is 11.8 Å². The number of carbonyl (C=O) groups excluding carboxylic acids is 1. The molecule has 1 aromatic rings. The molecular weight excluding hydrogens is 267 g/mol. The van der Waals surface area contributed by atoms with Crippen LogP contribution in [0.15, 0.2) is 24.3 Å². The highest BCUT2D eigenvalue weighted by Crippen LogP contribution is 2.20. The first-order valence-electron chi connectivity index (χ1n) is 7.78. The van der Waals surface area contributed by atoms with Gasteiger partial charge in [0, 0.05) is 19.0 Å². The van der Waals surface area contributed by atoms with E-state index >= 15 is 0 Å². The number of hydrogen-bond donors (Lipinski definition) is 1. The smallest absolute Gasteiger partial charge is 0.225 e. The van der Waals surface area contributed by atoms with Crippen molar-refractivity contribution in [1.82, 2.24) is 10.2 Å². The molecule has 4 heteroatoms. The predicted octanol–water partition coefficient (Wildman–Crippen LogP) is 2.46. The Bertz CT molecular complexity index is 478. The highest BCUT2D eigenvalue weighted by Gasteiger charge is 2.28. The van der Waals surface area contributed by atoms with Crippen LogP contribution in [0.3, 0.4) is 0 Å². The summed E-state index contributed by atoms with van der Waals surface area (Å²) in [5.41, 5.74) is 0.701. The van der Waals surface area contributed by atoms with E-state index < -0.39 is 0 Å². The minimum atomic E-state index is -0.174. The monoisotopic (exact) mass is 292 g/mol. The molecule has 1 aliphatic heterocycles. The van der Waals surface area contributed by atoms with Crippen LogP contribution in [0.2, 0.25) is 0 Å². The summed E-state index contributed by atoms with van der Waals surface area (Å²) in [4.78, 5) is 14.4. The highest BCUT2D eigenvalue weighted by atomic mass is 19.1. The number of nitrogens with zero attached hydrogens (tertiary/aromatic N) is 1. The molecule has 1 N–H and O–H groups in total. The van der Waals surface area contributed by atoms with Crippen molar-refractivity contribution in [3.05, 3.63) is 35.6 Å². The Labute approximate surface area is 126 Å². The summed E-state index contributed by atoms with van der Waals surface area (Å²) in [6.07, 6.45) is 2.40. The lowest BCUT2D eigenvalue weighted by molar-refractivity contribution is -0.134. The molecule has 1 fully saturated rings. The van der Waals surface area contributed by atoms with Gasteiger partial charge < -0.3 is 10.2 Å². The van der Waals surface area contributed by atoms with Crippen molar-refractivity contribution >= 4 is 5.91 Å². The van der Waals surface area contributed by atoms with Crippen LogP contribution >= 0.6 is 0 Å². The van der Waals surface area contributed by atoms with E-state index in [1.807, 2.05) is 24.9 Å². The molecule has 0 saturated carbocycles. The third-order valence-electron chi connectivity index (χ3n) is 4.32. The molecule has 3 nitrogen and oxygen atoms in total. The van der Waals surface area contributed by atoms with Crippen LogP contribution in [0.4, 0.5) is 4.39 Å². The maximum Gasteiger partial charge on any atom is 0.225 e. The Balaban J connectivity index is 1.82. The molecule has 0 bridgehead atoms. The van der Waals surface area contributed by atoms with E-state index in [9.17, 15) is 9.18 Å². The molecule has 1 amide bonds. The van der Waals surface area contributed by atoms with Crippen molar-refractivity contribution in [1.29, 1.82) is 0 Å². The summed E-state index contributed by atoms with van der Waals surface area (Å²) in [6, 6.07) is 6.81. The number of hydrogen-bond acceptors (Lipinski definition) is 2. The molecule has 2 atom stereocenters. The third-order valence-corrected chi connectivity index (χ3v) is 4.32. The Morgan fingerprint density at radius 1 is 1.48 bits per heavy atom. The van der Waals surface area contributed by atoms with Crippen LogP contribution in [0.5, 0.6) is 0 Å². The molecule has 1 saturated heterocycles. The van der Waals surface area contributed by atoms with Crippen LogP contribution in [-0.2, 0) is 11.2 Å². The SMILES string of the molecule is CNCC1CCN(C(=O)C(C)CCc2ccccc2F)C1. The number of amides is 1. The van der Waals surface area contributed by atoms with Gasteiger partial charge in [0.15, 0.2) is 0 Å². The lowest BCUT2D eigenvalue weighted by Crippen LogP contribution is -2.34. The molecule has 0 spiro atoms. The highest BCUT2D eigenvalue weighted by molar-refractivity contribution is 5.78. The maximum atomic E-state index is 13.6. The van der Waals surface area contributed by atoms with E-state index in [1.165, 1.54) is 6.07 Å². The van der Waals surface area contributed by atoms with Crippen LogP contribution in [0.25, 0.3) is 0 Å². The Morgan fingerprint density at radius 2 is 2.24 bits per heavy atom. The summed E-state index contributed by atoms with van der Waals surface area (Å²) in [6.45, 7) is 4.63. The normalized spacial score (nSPS) is 19.8. The lowest BCUT2D eigenvalue weighted by Gasteiger charge is -2.21. The fraction of sp³-hybridized carbons (Fsp3) is 0.588. The zero-order chi connectivity index (χ0) is 15.2. The molecule has 2 unspecified atom stereocenters. The van der Waals surface area contributed by atoms with Crippen molar-refractivity contribution in [3.8, 4) is 0 Å². The number of halogens is 1. The van der Waals surface area contributed by atoms with E-state index in [4.69, 9.17) is 0 Å². The van der Waals surface area contributed by atoms with Crippen molar-refractivity contribution in [2.45, 2.75) is 26.2 Å². The summed E-state index contributed by atoms with van der Waals surface area (Å²) >= 11 is 0. The first kappa shape index (κ1) is 16.0. The Morgan fingerprint density at radius 3 is 2.95 bits per heavy atom. The zero-order valence-electron chi connectivity index (χ0n) is 12.9. The Kier molecular flexibility index (Phi) is 5.74. The fourth-order valence-electron chi connectivity index (χ4n) is 3.00. The largest absolute Gasteiger partial charge is 0.342 e. The average molecular weight is 292 g/mol. The second-order valence-corrected chi connectivity index (χ2v) is 6.03. The second-order valence-electron chi connectivity index (χ2n) is 6.03. The van der Waals surface area contributed by atoms with Gasteiger partial charge in [-0.25, -0.2) is 4.39 Å². The number of carbonyl (C=O) groups is 1. The molecule has 116 valence electrons. The van der Waals surface area contributed by atoms with Gasteiger partial charge in [0.25, 0.3) is 0 Å². The third kappa shape index (κ3) is 4.27. The number of benzene rings is 1. The first-order valence-corrected chi connectivity index (χ1v) is 7.78. The molecule has 21 heavy (non-hydrogen) atoms. The molecule has 0 radical (unpaired) electrons. The van der Waals surface area contributed by atoms with Crippen molar-refractivity contribution in [3.63, 3.8) is 0 Å². The molecule has 0 aromatic heterocycles. The summed E-state index contributed by atoms with van der Waals surface area (Å²) in [5, 5.41) is 3.17. The quantitative estimate of drug-likeness (QED) is 0.873. The lowest BCUT2D eigenvalue weighted by atomic mass is 9.99. The van der Waals surface area contributed by atoms with E-state index in [1.54, 1.807) is 12.1 Å². The van der Waals surface area contributed by atoms with Crippen molar-refractivity contribution < 1.29 is 9.18 Å². The van der Waals surface area contributed by atoms with Crippen LogP contribution in [0.1, 0.15) is 25.3 Å². The maximum absolute atomic E-state index is 13.6. The van der Waals surface area contributed by atoms with E-state index in [0.29, 0.717) is 24.3 Å². The van der Waals surface area contributed by atoms with Gasteiger partial charge in [-0.2, -0.15) is 0 Å². The standard InChI is InChI=1S/C17H25FN2O/c1-13(7-8-15-5-3-4-6-16(15)18)17(21)20-10-9-14(12-20)11-19-2/h3-6,13-14,19H,7-12H2,1-2H3. The predicted molar refractivity (Wildman–Crippen MR) is 82.5 cm³/mol. The minimum Gasteiger partial charge on any atom is -0.342 e. The minimum absolute atomic E-state index is 0.0436. The van der Waals surface area contributed by atoms with Gasteiger partial charge >= 0.3 is 0 Å². The van der Waals surface area contributed by atoms with E-state index in [-0.39, 0.29) is 17.6 Å². The van der Waals surface area contributed by atoms with Gasteiger partial charge in [-0.15, -0.1) is 0 Å². The van der Waals surface area contributed by atoms with Gasteiger partial charge in [0.2, 0.25) is 5.91 Å². The van der Waals surface area contributed by atoms with E-state index in [0.717, 1.165) is 26.1 Å². The number of nitrogens with one attached hydrogen (secondary N) is 1. The first-order chi connectivity index (χ1) is 10.1. The fourth-order valence-corrected chi connectivity index (χ4v) is 3.00. The Hall–Kier alpha value is -1.42. The van der Waals surface area contributed by atoms with Gasteiger partial charge in [-0.05, 0) is 50.4 Å². The second kappa shape index (κ2) is 7.55. The van der Waals surface area contributed by atoms with Crippen LogP contribution in [-0.4, -0.2) is 37.5 Å². The van der Waals surface area contributed by atoms with Crippen LogP contribution < -0.4 is 5.32 Å². The molecular formula is C17H25FN2O. The van der Waals surface area contributed by atoms with Crippen LogP contribution in [0, 0.1) is 17.7 Å². The topological polar surface area (TPSA) is 32.3 Å². The average Bonchev–Trinajstić information content (AvgIpc) is 2.94. The van der Waals surface area contributed by atoms with E-state index in [2.05, 4.69) is 5.32 Å².